The van der Waals surface area contributed by atoms with Crippen LogP contribution in [0.15, 0.2) is 35.1 Å². The molecular weight excluding hydrogens is 421 g/mol. The number of halogens is 1. The number of rotatable bonds is 5. The number of aromatic nitrogens is 3. The molecule has 3 N–H and O–H groups in total. The average Bonchev–Trinajstić information content (AvgIpc) is 3.66. The number of aromatic amines is 1. The molecule has 0 saturated heterocycles. The number of carbonyl (C=O) groups is 1. The summed E-state index contributed by atoms with van der Waals surface area (Å²) in [5.74, 6) is -0.367. The van der Waals surface area contributed by atoms with Crippen molar-refractivity contribution in [2.24, 2.45) is 5.92 Å². The minimum Gasteiger partial charge on any atom is -0.354 e. The topological polar surface area (TPSA) is 99.8 Å². The van der Waals surface area contributed by atoms with Crippen molar-refractivity contribution in [1.29, 1.82) is 0 Å². The van der Waals surface area contributed by atoms with Crippen LogP contribution in [0.2, 0.25) is 0 Å². The predicted molar refractivity (Wildman–Crippen MR) is 125 cm³/mol. The van der Waals surface area contributed by atoms with E-state index in [4.69, 9.17) is 0 Å². The molecule has 1 atom stereocenters. The molecule has 1 saturated carbocycles. The third-order valence-corrected chi connectivity index (χ3v) is 6.43. The van der Waals surface area contributed by atoms with Crippen molar-refractivity contribution in [2.75, 3.05) is 20.1 Å². The van der Waals surface area contributed by atoms with Gasteiger partial charge in [0.25, 0.3) is 11.5 Å². The van der Waals surface area contributed by atoms with E-state index in [-0.39, 0.29) is 40.9 Å². The van der Waals surface area contributed by atoms with Crippen molar-refractivity contribution in [3.8, 4) is 0 Å². The highest BCUT2D eigenvalue weighted by Gasteiger charge is 2.29. The smallest absolute Gasteiger partial charge is 0.270 e. The minimum absolute atomic E-state index is 0.111. The fraction of sp³-hybridized carbons (Fsp3) is 0.360. The Kier molecular flexibility index (Phi) is 5.54. The first kappa shape index (κ1) is 21.5. The van der Waals surface area contributed by atoms with E-state index in [1.54, 1.807) is 25.2 Å². The Balaban J connectivity index is 1.59. The molecule has 170 valence electrons. The molecule has 2 aliphatic rings. The Morgan fingerprint density at radius 1 is 1.21 bits per heavy atom. The quantitative estimate of drug-likeness (QED) is 0.559. The lowest BCUT2D eigenvalue weighted by atomic mass is 9.88. The van der Waals surface area contributed by atoms with Crippen LogP contribution in [0.5, 0.6) is 0 Å². The zero-order chi connectivity index (χ0) is 23.1. The summed E-state index contributed by atoms with van der Waals surface area (Å²) >= 11 is 0. The van der Waals surface area contributed by atoms with Crippen LogP contribution in [-0.2, 0) is 6.42 Å². The standard InChI is InChI=1S/C25H26FN5O2/c1-13-12-28-10-9-16(13)17-6-8-19(24(32)27-2)29-20(17)11-15-5-7-18-23(21(15)26)31-25(33)22(30-18)14-3-4-14/h5-9,13-14,28H,3-4,10-12H2,1-2H3,(H,27,32)(H,31,33). The fourth-order valence-electron chi connectivity index (χ4n) is 4.45. The van der Waals surface area contributed by atoms with E-state index in [1.165, 1.54) is 0 Å². The average molecular weight is 448 g/mol. The molecule has 33 heavy (non-hydrogen) atoms. The lowest BCUT2D eigenvalue weighted by molar-refractivity contribution is 0.0958. The van der Waals surface area contributed by atoms with Crippen LogP contribution in [0.25, 0.3) is 16.6 Å². The Bertz CT molecular complexity index is 1340. The van der Waals surface area contributed by atoms with Crippen LogP contribution in [0.1, 0.15) is 58.7 Å². The van der Waals surface area contributed by atoms with E-state index >= 15 is 4.39 Å². The third kappa shape index (κ3) is 4.06. The summed E-state index contributed by atoms with van der Waals surface area (Å²) in [6.45, 7) is 3.71. The molecule has 1 aromatic carbocycles. The molecule has 8 heteroatoms. The van der Waals surface area contributed by atoms with Crippen LogP contribution >= 0.6 is 0 Å². The van der Waals surface area contributed by atoms with Crippen LogP contribution < -0.4 is 16.2 Å². The van der Waals surface area contributed by atoms with Gasteiger partial charge >= 0.3 is 0 Å². The molecule has 0 radical (unpaired) electrons. The van der Waals surface area contributed by atoms with E-state index in [9.17, 15) is 9.59 Å². The Morgan fingerprint density at radius 3 is 2.76 bits per heavy atom. The summed E-state index contributed by atoms with van der Waals surface area (Å²) < 4.78 is 15.5. The molecule has 5 rings (SSSR count). The van der Waals surface area contributed by atoms with Gasteiger partial charge in [-0.05, 0) is 47.6 Å². The molecule has 0 bridgehead atoms. The van der Waals surface area contributed by atoms with Gasteiger partial charge in [-0.25, -0.2) is 14.4 Å². The summed E-state index contributed by atoms with van der Waals surface area (Å²) in [4.78, 5) is 36.4. The summed E-state index contributed by atoms with van der Waals surface area (Å²) in [7, 11) is 1.55. The van der Waals surface area contributed by atoms with Crippen LogP contribution in [-0.4, -0.2) is 41.0 Å². The normalized spacial score (nSPS) is 18.3. The Hall–Kier alpha value is -3.39. The van der Waals surface area contributed by atoms with Crippen molar-refractivity contribution in [1.82, 2.24) is 25.6 Å². The highest BCUT2D eigenvalue weighted by Crippen LogP contribution is 2.37. The molecule has 0 spiro atoms. The largest absolute Gasteiger partial charge is 0.354 e. The van der Waals surface area contributed by atoms with Crippen LogP contribution in [0.3, 0.4) is 0 Å². The van der Waals surface area contributed by atoms with Crippen molar-refractivity contribution in [3.05, 3.63) is 74.7 Å². The van der Waals surface area contributed by atoms with E-state index in [2.05, 4.69) is 38.6 Å². The second-order valence-corrected chi connectivity index (χ2v) is 8.82. The second-order valence-electron chi connectivity index (χ2n) is 8.82. The van der Waals surface area contributed by atoms with Gasteiger partial charge in [0.15, 0.2) is 5.82 Å². The number of H-pyrrole nitrogens is 1. The number of carbonyl (C=O) groups excluding carboxylic acids is 1. The molecule has 1 unspecified atom stereocenters. The minimum atomic E-state index is -0.509. The lowest BCUT2D eigenvalue weighted by Crippen LogP contribution is -2.27. The van der Waals surface area contributed by atoms with Crippen molar-refractivity contribution in [3.63, 3.8) is 0 Å². The first-order valence-corrected chi connectivity index (χ1v) is 11.3. The van der Waals surface area contributed by atoms with Gasteiger partial charge in [0.2, 0.25) is 0 Å². The van der Waals surface area contributed by atoms with Crippen molar-refractivity contribution < 1.29 is 9.18 Å². The van der Waals surface area contributed by atoms with Gasteiger partial charge in [0.05, 0.1) is 11.2 Å². The Morgan fingerprint density at radius 2 is 2.03 bits per heavy atom. The lowest BCUT2D eigenvalue weighted by Gasteiger charge is -2.24. The van der Waals surface area contributed by atoms with Gasteiger partial charge in [-0.1, -0.05) is 25.1 Å². The number of pyridine rings is 1. The number of amides is 1. The maximum atomic E-state index is 15.5. The van der Waals surface area contributed by atoms with E-state index in [0.717, 1.165) is 37.1 Å². The van der Waals surface area contributed by atoms with E-state index in [1.807, 2.05) is 6.07 Å². The van der Waals surface area contributed by atoms with Gasteiger partial charge in [0, 0.05) is 32.5 Å². The molecule has 1 aliphatic heterocycles. The molecule has 1 amide bonds. The van der Waals surface area contributed by atoms with Crippen molar-refractivity contribution in [2.45, 2.75) is 32.1 Å². The highest BCUT2D eigenvalue weighted by molar-refractivity contribution is 5.92. The van der Waals surface area contributed by atoms with Crippen LogP contribution in [0.4, 0.5) is 4.39 Å². The van der Waals surface area contributed by atoms with Gasteiger partial charge in [0.1, 0.15) is 16.9 Å². The summed E-state index contributed by atoms with van der Waals surface area (Å²) in [6.07, 6.45) is 4.20. The van der Waals surface area contributed by atoms with Gasteiger partial charge in [-0.15, -0.1) is 0 Å². The number of hydrogen-bond acceptors (Lipinski definition) is 5. The molecule has 3 heterocycles. The van der Waals surface area contributed by atoms with Gasteiger partial charge in [-0.3, -0.25) is 9.59 Å². The van der Waals surface area contributed by atoms with E-state index < -0.39 is 5.82 Å². The third-order valence-electron chi connectivity index (χ3n) is 6.43. The number of hydrogen-bond donors (Lipinski definition) is 3. The molecule has 2 aromatic heterocycles. The van der Waals surface area contributed by atoms with Crippen molar-refractivity contribution >= 4 is 22.5 Å². The first-order chi connectivity index (χ1) is 16.0. The number of nitrogens with zero attached hydrogens (tertiary/aromatic N) is 2. The predicted octanol–water partition coefficient (Wildman–Crippen LogP) is 2.91. The summed E-state index contributed by atoms with van der Waals surface area (Å²) in [6, 6.07) is 7.03. The Labute approximate surface area is 190 Å². The molecule has 3 aromatic rings. The highest BCUT2D eigenvalue weighted by atomic mass is 19.1. The molecule has 1 fully saturated rings. The maximum Gasteiger partial charge on any atom is 0.270 e. The fourth-order valence-corrected chi connectivity index (χ4v) is 4.45. The summed E-state index contributed by atoms with van der Waals surface area (Å²) in [5.41, 5.74) is 4.06. The van der Waals surface area contributed by atoms with Gasteiger partial charge < -0.3 is 15.6 Å². The zero-order valence-corrected chi connectivity index (χ0v) is 18.7. The second kappa shape index (κ2) is 8.51. The van der Waals surface area contributed by atoms with Gasteiger partial charge in [-0.2, -0.15) is 0 Å². The number of nitrogens with one attached hydrogen (secondary N) is 3. The number of benzene rings is 1. The first-order valence-electron chi connectivity index (χ1n) is 11.3. The molecule has 7 nitrogen and oxygen atoms in total. The maximum absolute atomic E-state index is 15.5. The monoisotopic (exact) mass is 447 g/mol. The number of fused-ring (bicyclic) bond motifs is 1. The molecule has 1 aliphatic carbocycles. The van der Waals surface area contributed by atoms with E-state index in [0.29, 0.717) is 22.5 Å². The summed E-state index contributed by atoms with van der Waals surface area (Å²) in [5, 5.41) is 5.93. The zero-order valence-electron chi connectivity index (χ0n) is 18.7. The SMILES string of the molecule is CNC(=O)c1ccc(C2=CCNCC2C)c(Cc2ccc3nc(C4CC4)c(=O)[nH]c3c2F)n1. The molecular formula is C25H26FN5O2. The van der Waals surface area contributed by atoms with Crippen LogP contribution in [0, 0.1) is 11.7 Å².